The first kappa shape index (κ1) is 18.4. The number of nitrogens with one attached hydrogen (secondary N) is 1. The van der Waals surface area contributed by atoms with Crippen LogP contribution >= 0.6 is 11.3 Å². The van der Waals surface area contributed by atoms with E-state index in [-0.39, 0.29) is 0 Å². The molecule has 0 bridgehead atoms. The molecule has 1 aromatic rings. The lowest BCUT2D eigenvalue weighted by Gasteiger charge is -2.26. The van der Waals surface area contributed by atoms with Crippen molar-refractivity contribution in [3.8, 4) is 0 Å². The summed E-state index contributed by atoms with van der Waals surface area (Å²) < 4.78 is 10.3. The van der Waals surface area contributed by atoms with Crippen molar-refractivity contribution in [1.29, 1.82) is 0 Å². The van der Waals surface area contributed by atoms with E-state index in [0.29, 0.717) is 6.04 Å². The van der Waals surface area contributed by atoms with Crippen molar-refractivity contribution in [2.45, 2.75) is 39.8 Å². The zero-order chi connectivity index (χ0) is 15.7. The number of anilines is 1. The van der Waals surface area contributed by atoms with E-state index in [2.05, 4.69) is 31.0 Å². The minimum absolute atomic E-state index is 0.338. The van der Waals surface area contributed by atoms with Gasteiger partial charge in [-0.05, 0) is 20.3 Å². The first-order chi connectivity index (χ1) is 10.2. The van der Waals surface area contributed by atoms with Gasteiger partial charge in [-0.3, -0.25) is 0 Å². The van der Waals surface area contributed by atoms with Gasteiger partial charge >= 0.3 is 0 Å². The second-order valence-electron chi connectivity index (χ2n) is 4.98. The average molecular weight is 315 g/mol. The van der Waals surface area contributed by atoms with Gasteiger partial charge in [-0.15, -0.1) is 11.3 Å². The summed E-state index contributed by atoms with van der Waals surface area (Å²) in [6.07, 6.45) is 0.966. The molecule has 5 nitrogen and oxygen atoms in total. The van der Waals surface area contributed by atoms with Gasteiger partial charge in [0, 0.05) is 38.7 Å². The minimum Gasteiger partial charge on any atom is -0.383 e. The molecule has 122 valence electrons. The molecule has 0 saturated carbocycles. The molecule has 0 aliphatic heterocycles. The lowest BCUT2D eigenvalue weighted by atomic mass is 10.3. The van der Waals surface area contributed by atoms with E-state index < -0.39 is 0 Å². The molecule has 6 heteroatoms. The number of ether oxygens (including phenoxy) is 2. The third kappa shape index (κ3) is 5.54. The van der Waals surface area contributed by atoms with Crippen LogP contribution in [0.25, 0.3) is 0 Å². The molecule has 1 atom stereocenters. The fourth-order valence-electron chi connectivity index (χ4n) is 2.25. The highest BCUT2D eigenvalue weighted by Gasteiger charge is 2.18. The van der Waals surface area contributed by atoms with Gasteiger partial charge in [-0.2, -0.15) is 0 Å². The molecule has 1 aromatic heterocycles. The Balaban J connectivity index is 2.76. The van der Waals surface area contributed by atoms with Crippen LogP contribution in [0.2, 0.25) is 0 Å². The fourth-order valence-corrected chi connectivity index (χ4v) is 3.53. The van der Waals surface area contributed by atoms with Crippen molar-refractivity contribution < 1.29 is 9.47 Å². The molecular formula is C15H29N3O2S. The maximum Gasteiger partial charge on any atom is 0.186 e. The van der Waals surface area contributed by atoms with Crippen molar-refractivity contribution in [3.63, 3.8) is 0 Å². The number of hydrogen-bond acceptors (Lipinski definition) is 6. The highest BCUT2D eigenvalue weighted by atomic mass is 32.1. The van der Waals surface area contributed by atoms with Gasteiger partial charge < -0.3 is 19.7 Å². The summed E-state index contributed by atoms with van der Waals surface area (Å²) >= 11 is 1.78. The van der Waals surface area contributed by atoms with Crippen LogP contribution in [0.3, 0.4) is 0 Å². The number of thiazole rings is 1. The summed E-state index contributed by atoms with van der Waals surface area (Å²) in [5.74, 6) is 0. The molecule has 1 N–H and O–H groups in total. The van der Waals surface area contributed by atoms with Gasteiger partial charge in [-0.1, -0.05) is 6.92 Å². The van der Waals surface area contributed by atoms with Crippen molar-refractivity contribution in [2.75, 3.05) is 45.4 Å². The Bertz CT molecular complexity index is 398. The van der Waals surface area contributed by atoms with Crippen molar-refractivity contribution in [2.24, 2.45) is 0 Å². The summed E-state index contributed by atoms with van der Waals surface area (Å²) in [5, 5.41) is 4.50. The molecule has 1 unspecified atom stereocenters. The molecule has 1 rings (SSSR count). The summed E-state index contributed by atoms with van der Waals surface area (Å²) in [4.78, 5) is 8.46. The quantitative estimate of drug-likeness (QED) is 0.635. The van der Waals surface area contributed by atoms with Crippen LogP contribution in [0.4, 0.5) is 5.13 Å². The Morgan fingerprint density at radius 3 is 2.62 bits per heavy atom. The molecule has 0 aliphatic rings. The lowest BCUT2D eigenvalue weighted by molar-refractivity contribution is 0.182. The number of likely N-dealkylation sites (N-methyl/N-ethyl adjacent to an activating group) is 1. The molecule has 0 amide bonds. The standard InChI is InChI=1S/C15H29N3O2S/c1-6-13-14(10-16-8-9-19-4)21-15(17-13)18(7-2)12(3)11-20-5/h12,16H,6-11H2,1-5H3. The first-order valence-electron chi connectivity index (χ1n) is 7.61. The van der Waals surface area contributed by atoms with Crippen molar-refractivity contribution in [1.82, 2.24) is 10.3 Å². The number of methoxy groups -OCH3 is 2. The molecule has 21 heavy (non-hydrogen) atoms. The smallest absolute Gasteiger partial charge is 0.186 e. The summed E-state index contributed by atoms with van der Waals surface area (Å²) in [6.45, 7) is 10.6. The first-order valence-corrected chi connectivity index (χ1v) is 8.43. The maximum atomic E-state index is 5.27. The zero-order valence-electron chi connectivity index (χ0n) is 13.9. The molecular weight excluding hydrogens is 286 g/mol. The van der Waals surface area contributed by atoms with Gasteiger partial charge in [0.05, 0.1) is 24.9 Å². The normalized spacial score (nSPS) is 12.6. The molecule has 1 heterocycles. The Morgan fingerprint density at radius 2 is 2.05 bits per heavy atom. The number of aromatic nitrogens is 1. The molecule has 0 spiro atoms. The topological polar surface area (TPSA) is 46.6 Å². The SMILES string of the molecule is CCc1nc(N(CC)C(C)COC)sc1CNCCOC. The van der Waals surface area contributed by atoms with Gasteiger partial charge in [0.2, 0.25) is 0 Å². The van der Waals surface area contributed by atoms with Crippen LogP contribution in [0.1, 0.15) is 31.3 Å². The Labute approximate surface area is 132 Å². The monoisotopic (exact) mass is 315 g/mol. The third-order valence-electron chi connectivity index (χ3n) is 3.40. The lowest BCUT2D eigenvalue weighted by Crippen LogP contribution is -2.36. The molecule has 0 aliphatic carbocycles. The van der Waals surface area contributed by atoms with Crippen LogP contribution in [-0.2, 0) is 22.4 Å². The predicted octanol–water partition coefficient (Wildman–Crippen LogP) is 2.30. The second-order valence-corrected chi connectivity index (χ2v) is 6.04. The molecule has 0 aromatic carbocycles. The van der Waals surface area contributed by atoms with Gasteiger partial charge in [-0.25, -0.2) is 4.98 Å². The third-order valence-corrected chi connectivity index (χ3v) is 4.53. The summed E-state index contributed by atoms with van der Waals surface area (Å²) in [5.41, 5.74) is 1.20. The van der Waals surface area contributed by atoms with Crippen LogP contribution in [0, 0.1) is 0 Å². The zero-order valence-corrected chi connectivity index (χ0v) is 14.8. The largest absolute Gasteiger partial charge is 0.383 e. The highest BCUT2D eigenvalue weighted by molar-refractivity contribution is 7.15. The molecule has 0 fully saturated rings. The predicted molar refractivity (Wildman–Crippen MR) is 89.4 cm³/mol. The fraction of sp³-hybridized carbons (Fsp3) is 0.800. The van der Waals surface area contributed by atoms with Crippen molar-refractivity contribution >= 4 is 16.5 Å². The molecule has 0 radical (unpaired) electrons. The van der Waals surface area contributed by atoms with E-state index in [0.717, 1.165) is 44.4 Å². The number of hydrogen-bond donors (Lipinski definition) is 1. The van der Waals surface area contributed by atoms with Crippen LogP contribution in [0.5, 0.6) is 0 Å². The van der Waals surface area contributed by atoms with Crippen LogP contribution in [0.15, 0.2) is 0 Å². The van der Waals surface area contributed by atoms with Gasteiger partial charge in [0.25, 0.3) is 0 Å². The van der Waals surface area contributed by atoms with Crippen molar-refractivity contribution in [3.05, 3.63) is 10.6 Å². The van der Waals surface area contributed by atoms with E-state index >= 15 is 0 Å². The van der Waals surface area contributed by atoms with E-state index in [1.165, 1.54) is 10.6 Å². The highest BCUT2D eigenvalue weighted by Crippen LogP contribution is 2.28. The van der Waals surface area contributed by atoms with E-state index in [1.54, 1.807) is 25.6 Å². The van der Waals surface area contributed by atoms with E-state index in [1.807, 2.05) is 0 Å². The van der Waals surface area contributed by atoms with Gasteiger partial charge in [0.15, 0.2) is 5.13 Å². The van der Waals surface area contributed by atoms with Crippen LogP contribution < -0.4 is 10.2 Å². The van der Waals surface area contributed by atoms with Gasteiger partial charge in [0.1, 0.15) is 0 Å². The van der Waals surface area contributed by atoms with E-state index in [4.69, 9.17) is 14.5 Å². The maximum absolute atomic E-state index is 5.27. The average Bonchev–Trinajstić information content (AvgIpc) is 2.87. The Morgan fingerprint density at radius 1 is 1.29 bits per heavy atom. The minimum atomic E-state index is 0.338. The Kier molecular flexibility index (Phi) is 8.84. The number of nitrogens with zero attached hydrogens (tertiary/aromatic N) is 2. The number of rotatable bonds is 11. The van der Waals surface area contributed by atoms with E-state index in [9.17, 15) is 0 Å². The second kappa shape index (κ2) is 10.1. The van der Waals surface area contributed by atoms with Crippen LogP contribution in [-0.4, -0.2) is 51.5 Å². The summed E-state index contributed by atoms with van der Waals surface area (Å²) in [6, 6.07) is 0.338. The Hall–Kier alpha value is -0.690. The summed E-state index contributed by atoms with van der Waals surface area (Å²) in [7, 11) is 3.47. The molecule has 0 saturated heterocycles. The number of aryl methyl sites for hydroxylation is 1.